The van der Waals surface area contributed by atoms with Gasteiger partial charge in [0.1, 0.15) is 5.65 Å². The first-order valence-corrected chi connectivity index (χ1v) is 15.7. The van der Waals surface area contributed by atoms with Gasteiger partial charge in [0, 0.05) is 27.2 Å². The zero-order valence-electron chi connectivity index (χ0n) is 24.9. The number of fused-ring (bicyclic) bond motifs is 12. The monoisotopic (exact) mass is 585 g/mol. The Morgan fingerprint density at radius 2 is 0.978 bits per heavy atom. The number of nitrogens with zero attached hydrogens (tertiary/aromatic N) is 3. The largest absolute Gasteiger partial charge is 0.309 e. The van der Waals surface area contributed by atoms with E-state index in [0.29, 0.717) is 0 Å². The molecule has 46 heavy (non-hydrogen) atoms. The lowest BCUT2D eigenvalue weighted by Crippen LogP contribution is -1.97. The Hall–Kier alpha value is -6.19. The van der Waals surface area contributed by atoms with Crippen molar-refractivity contribution in [2.75, 3.05) is 0 Å². The molecule has 0 unspecified atom stereocenters. The zero-order valence-corrected chi connectivity index (χ0v) is 24.9. The highest BCUT2D eigenvalue weighted by molar-refractivity contribution is 6.26. The van der Waals surface area contributed by atoms with Crippen molar-refractivity contribution < 1.29 is 0 Å². The number of benzene rings is 7. The van der Waals surface area contributed by atoms with Crippen molar-refractivity contribution in [3.05, 3.63) is 164 Å². The molecule has 0 spiro atoms. The lowest BCUT2D eigenvalue weighted by Gasteiger charge is -2.15. The molecule has 0 radical (unpaired) electrons. The summed E-state index contributed by atoms with van der Waals surface area (Å²) < 4.78 is 4.84. The smallest absolute Gasteiger partial charge is 0.146 e. The molecule has 0 aliphatic heterocycles. The summed E-state index contributed by atoms with van der Waals surface area (Å²) in [6.07, 6.45) is 0. The fraction of sp³-hybridized carbons (Fsp3) is 0. The quantitative estimate of drug-likeness (QED) is 0.189. The highest BCUT2D eigenvalue weighted by Gasteiger charge is 2.21. The normalized spacial score (nSPS) is 11.9. The molecule has 3 heterocycles. The molecule has 0 N–H and O–H groups in total. The van der Waals surface area contributed by atoms with Gasteiger partial charge >= 0.3 is 0 Å². The number of rotatable bonds is 3. The summed E-state index contributed by atoms with van der Waals surface area (Å²) in [6.45, 7) is 0. The van der Waals surface area contributed by atoms with Gasteiger partial charge in [0.15, 0.2) is 0 Å². The van der Waals surface area contributed by atoms with E-state index in [1.54, 1.807) is 0 Å². The van der Waals surface area contributed by atoms with Crippen LogP contribution in [0.25, 0.3) is 88.1 Å². The van der Waals surface area contributed by atoms with Gasteiger partial charge in [-0.2, -0.15) is 0 Å². The third kappa shape index (κ3) is 3.57. The third-order valence-electron chi connectivity index (χ3n) is 9.44. The van der Waals surface area contributed by atoms with Gasteiger partial charge in [-0.3, -0.25) is 4.40 Å². The van der Waals surface area contributed by atoms with Gasteiger partial charge < -0.3 is 4.57 Å². The Labute approximate surface area is 265 Å². The number of pyridine rings is 1. The minimum atomic E-state index is 0.992. The maximum absolute atomic E-state index is 5.19. The van der Waals surface area contributed by atoms with Crippen LogP contribution in [0.4, 0.5) is 0 Å². The van der Waals surface area contributed by atoms with Crippen molar-refractivity contribution >= 4 is 60.2 Å². The topological polar surface area (TPSA) is 22.2 Å². The molecule has 0 fully saturated rings. The van der Waals surface area contributed by atoms with E-state index in [1.807, 2.05) is 0 Å². The third-order valence-corrected chi connectivity index (χ3v) is 9.44. The van der Waals surface area contributed by atoms with Crippen molar-refractivity contribution in [2.45, 2.75) is 0 Å². The van der Waals surface area contributed by atoms with Gasteiger partial charge in [0.05, 0.1) is 27.6 Å². The Balaban J connectivity index is 1.39. The van der Waals surface area contributed by atoms with Gasteiger partial charge in [-0.25, -0.2) is 4.98 Å². The molecule has 0 aliphatic carbocycles. The summed E-state index contributed by atoms with van der Waals surface area (Å²) in [4.78, 5) is 5.19. The van der Waals surface area contributed by atoms with E-state index in [0.717, 1.165) is 27.8 Å². The van der Waals surface area contributed by atoms with E-state index >= 15 is 0 Å². The average molecular weight is 586 g/mol. The van der Waals surface area contributed by atoms with Gasteiger partial charge in [-0.15, -0.1) is 0 Å². The molecule has 3 heteroatoms. The molecule has 0 saturated heterocycles. The molecule has 10 rings (SSSR count). The number of hydrogen-bond acceptors (Lipinski definition) is 1. The lowest BCUT2D eigenvalue weighted by molar-refractivity contribution is 1.18. The second-order valence-corrected chi connectivity index (χ2v) is 12.0. The minimum Gasteiger partial charge on any atom is -0.309 e. The van der Waals surface area contributed by atoms with Crippen LogP contribution in [0.2, 0.25) is 0 Å². The molecular formula is C43H27N3. The van der Waals surface area contributed by atoms with E-state index in [9.17, 15) is 0 Å². The molecule has 0 aliphatic rings. The van der Waals surface area contributed by atoms with E-state index in [-0.39, 0.29) is 0 Å². The minimum absolute atomic E-state index is 0.992. The number of aromatic nitrogens is 3. The molecule has 0 amide bonds. The standard InChI is InChI=1S/C43H27N3/c1-3-13-28(14-4-1)30-25-31(29-15-5-2-6-16-29)27-32(26-30)45-38-21-11-9-19-36(38)41-40(45)24-23-34-33-17-7-8-18-35(33)43-44-37-20-10-12-22-39(37)46(43)42(34)41/h1-27H. The second kappa shape index (κ2) is 9.65. The van der Waals surface area contributed by atoms with E-state index in [2.05, 4.69) is 173 Å². The molecule has 0 atom stereocenters. The Morgan fingerprint density at radius 1 is 0.391 bits per heavy atom. The molecule has 214 valence electrons. The summed E-state index contributed by atoms with van der Waals surface area (Å²) in [7, 11) is 0. The first-order chi connectivity index (χ1) is 22.8. The van der Waals surface area contributed by atoms with Crippen LogP contribution in [-0.4, -0.2) is 14.0 Å². The molecule has 3 nitrogen and oxygen atoms in total. The first-order valence-electron chi connectivity index (χ1n) is 15.7. The van der Waals surface area contributed by atoms with Crippen molar-refractivity contribution in [1.82, 2.24) is 14.0 Å². The number of para-hydroxylation sites is 3. The van der Waals surface area contributed by atoms with Crippen molar-refractivity contribution in [3.8, 4) is 27.9 Å². The van der Waals surface area contributed by atoms with Crippen LogP contribution in [0.3, 0.4) is 0 Å². The molecule has 10 aromatic rings. The Bertz CT molecular complexity index is 2730. The maximum Gasteiger partial charge on any atom is 0.146 e. The van der Waals surface area contributed by atoms with Crippen molar-refractivity contribution in [3.63, 3.8) is 0 Å². The van der Waals surface area contributed by atoms with Crippen molar-refractivity contribution in [2.24, 2.45) is 0 Å². The first kappa shape index (κ1) is 25.2. The van der Waals surface area contributed by atoms with Gasteiger partial charge in [0.25, 0.3) is 0 Å². The predicted molar refractivity (Wildman–Crippen MR) is 193 cm³/mol. The highest BCUT2D eigenvalue weighted by Crippen LogP contribution is 2.42. The number of hydrogen-bond donors (Lipinski definition) is 0. The summed E-state index contributed by atoms with van der Waals surface area (Å²) in [5, 5.41) is 6.07. The van der Waals surface area contributed by atoms with Crippen LogP contribution in [0.1, 0.15) is 0 Å². The van der Waals surface area contributed by atoms with Crippen LogP contribution in [0.5, 0.6) is 0 Å². The average Bonchev–Trinajstić information content (AvgIpc) is 3.69. The van der Waals surface area contributed by atoms with Crippen LogP contribution in [0.15, 0.2) is 164 Å². The van der Waals surface area contributed by atoms with E-state index in [1.165, 1.54) is 60.3 Å². The summed E-state index contributed by atoms with van der Waals surface area (Å²) in [5.41, 5.74) is 12.6. The summed E-state index contributed by atoms with van der Waals surface area (Å²) in [6, 6.07) is 59.0. The zero-order chi connectivity index (χ0) is 30.2. The van der Waals surface area contributed by atoms with E-state index < -0.39 is 0 Å². The van der Waals surface area contributed by atoms with Crippen LogP contribution in [-0.2, 0) is 0 Å². The molecule has 7 aromatic carbocycles. The lowest BCUT2D eigenvalue weighted by atomic mass is 9.98. The van der Waals surface area contributed by atoms with Crippen LogP contribution < -0.4 is 0 Å². The molecular weight excluding hydrogens is 558 g/mol. The van der Waals surface area contributed by atoms with Gasteiger partial charge in [0.2, 0.25) is 0 Å². The predicted octanol–water partition coefficient (Wildman–Crippen LogP) is 11.2. The number of imidazole rings is 1. The van der Waals surface area contributed by atoms with Crippen LogP contribution in [0, 0.1) is 0 Å². The Kier molecular flexibility index (Phi) is 5.28. The fourth-order valence-electron chi connectivity index (χ4n) is 7.45. The van der Waals surface area contributed by atoms with Gasteiger partial charge in [-0.1, -0.05) is 121 Å². The van der Waals surface area contributed by atoms with Crippen molar-refractivity contribution in [1.29, 1.82) is 0 Å². The SMILES string of the molecule is c1ccc(-c2cc(-c3ccccc3)cc(-n3c4ccccc4c4c3ccc3c5ccccc5c5nc6ccccc6n5c34)c2)cc1. The molecule has 0 bridgehead atoms. The van der Waals surface area contributed by atoms with Crippen LogP contribution >= 0.6 is 0 Å². The van der Waals surface area contributed by atoms with E-state index in [4.69, 9.17) is 4.98 Å². The summed E-state index contributed by atoms with van der Waals surface area (Å²) in [5.74, 6) is 0. The fourth-order valence-corrected chi connectivity index (χ4v) is 7.45. The van der Waals surface area contributed by atoms with Gasteiger partial charge in [-0.05, 0) is 70.1 Å². The highest BCUT2D eigenvalue weighted by atomic mass is 15.0. The summed E-state index contributed by atoms with van der Waals surface area (Å²) >= 11 is 0. The maximum atomic E-state index is 5.19. The molecule has 0 saturated carbocycles. The molecule has 3 aromatic heterocycles. The second-order valence-electron chi connectivity index (χ2n) is 12.0. The Morgan fingerprint density at radius 3 is 1.70 bits per heavy atom.